The van der Waals surface area contributed by atoms with E-state index in [9.17, 15) is 8.42 Å². The summed E-state index contributed by atoms with van der Waals surface area (Å²) in [6, 6.07) is 12.3. The van der Waals surface area contributed by atoms with Crippen LogP contribution < -0.4 is 0 Å². The first kappa shape index (κ1) is 15.5. The lowest BCUT2D eigenvalue weighted by molar-refractivity contribution is 0.580. The number of fused-ring (bicyclic) bond motifs is 1. The molecule has 23 heavy (non-hydrogen) atoms. The Hall–Kier alpha value is -1.00. The summed E-state index contributed by atoms with van der Waals surface area (Å²) in [5.41, 5.74) is 0. The highest BCUT2D eigenvalue weighted by Gasteiger charge is 2.30. The minimum absolute atomic E-state index is 0.167. The molecule has 4 heteroatoms. The van der Waals surface area contributed by atoms with Crippen molar-refractivity contribution in [2.75, 3.05) is 11.5 Å². The van der Waals surface area contributed by atoms with E-state index in [1.54, 1.807) is 0 Å². The summed E-state index contributed by atoms with van der Waals surface area (Å²) in [6.07, 6.45) is 6.43. The summed E-state index contributed by atoms with van der Waals surface area (Å²) in [5.74, 6) is 2.64. The standard InChI is InChI=1S/C19H23O2S2/c20-23(21,18-5-1-2-6-18)19-10-8-15-13-17(9-7-16(15)14-19)22-11-3-4-12-22/h7-10,13-14,18H,1-6,11-12H2/q+1. The second-order valence-corrected chi connectivity index (χ2v) is 11.2. The molecule has 1 aliphatic heterocycles. The van der Waals surface area contributed by atoms with E-state index in [0.29, 0.717) is 15.8 Å². The van der Waals surface area contributed by atoms with E-state index in [4.69, 9.17) is 0 Å². The summed E-state index contributed by atoms with van der Waals surface area (Å²) in [5, 5.41) is 2.06. The molecular weight excluding hydrogens is 324 g/mol. The molecule has 1 saturated heterocycles. The van der Waals surface area contributed by atoms with Crippen LogP contribution in [0.25, 0.3) is 10.8 Å². The number of rotatable bonds is 3. The van der Waals surface area contributed by atoms with Crippen molar-refractivity contribution in [3.05, 3.63) is 36.4 Å². The molecule has 0 atom stereocenters. The van der Waals surface area contributed by atoms with Crippen molar-refractivity contribution >= 4 is 31.5 Å². The van der Waals surface area contributed by atoms with Gasteiger partial charge in [-0.1, -0.05) is 18.9 Å². The molecule has 4 rings (SSSR count). The molecule has 2 aromatic carbocycles. The smallest absolute Gasteiger partial charge is 0.181 e. The van der Waals surface area contributed by atoms with Crippen molar-refractivity contribution in [3.8, 4) is 0 Å². The molecular formula is C19H23O2S2+. The average Bonchev–Trinajstić information content (AvgIpc) is 3.27. The third-order valence-corrected chi connectivity index (χ3v) is 9.96. The predicted molar refractivity (Wildman–Crippen MR) is 98.0 cm³/mol. The molecule has 1 aliphatic carbocycles. The maximum absolute atomic E-state index is 12.8. The predicted octanol–water partition coefficient (Wildman–Crippen LogP) is 4.33. The van der Waals surface area contributed by atoms with Crippen LogP contribution in [0.5, 0.6) is 0 Å². The van der Waals surface area contributed by atoms with Crippen molar-refractivity contribution < 1.29 is 8.42 Å². The largest absolute Gasteiger partial charge is 0.223 e. The zero-order chi connectivity index (χ0) is 15.9. The Morgan fingerprint density at radius 2 is 1.48 bits per heavy atom. The van der Waals surface area contributed by atoms with E-state index in [2.05, 4.69) is 18.2 Å². The van der Waals surface area contributed by atoms with E-state index >= 15 is 0 Å². The van der Waals surface area contributed by atoms with Gasteiger partial charge in [-0.15, -0.1) is 0 Å². The summed E-state index contributed by atoms with van der Waals surface area (Å²) in [4.78, 5) is 1.95. The van der Waals surface area contributed by atoms with Crippen LogP contribution in [0.2, 0.25) is 0 Å². The van der Waals surface area contributed by atoms with Gasteiger partial charge in [-0.25, -0.2) is 8.42 Å². The molecule has 0 N–H and O–H groups in total. The Bertz CT molecular complexity index is 814. The first-order valence-corrected chi connectivity index (χ1v) is 11.7. The first-order valence-electron chi connectivity index (χ1n) is 8.60. The van der Waals surface area contributed by atoms with E-state index in [1.165, 1.54) is 34.6 Å². The Kier molecular flexibility index (Phi) is 4.14. The maximum atomic E-state index is 12.8. The lowest BCUT2D eigenvalue weighted by atomic mass is 10.1. The van der Waals surface area contributed by atoms with E-state index in [1.807, 2.05) is 18.2 Å². The van der Waals surface area contributed by atoms with Gasteiger partial charge in [0.15, 0.2) is 14.7 Å². The van der Waals surface area contributed by atoms with Crippen LogP contribution in [0.4, 0.5) is 0 Å². The quantitative estimate of drug-likeness (QED) is 0.775. The Morgan fingerprint density at radius 1 is 0.826 bits per heavy atom. The van der Waals surface area contributed by atoms with Crippen LogP contribution in [0.3, 0.4) is 0 Å². The van der Waals surface area contributed by atoms with Crippen molar-refractivity contribution in [2.45, 2.75) is 53.6 Å². The van der Waals surface area contributed by atoms with Gasteiger partial charge in [0, 0.05) is 17.0 Å². The monoisotopic (exact) mass is 347 g/mol. The highest BCUT2D eigenvalue weighted by molar-refractivity contribution is 7.97. The molecule has 1 heterocycles. The molecule has 0 amide bonds. The van der Waals surface area contributed by atoms with Gasteiger partial charge in [0.1, 0.15) is 11.5 Å². The minimum Gasteiger partial charge on any atom is -0.223 e. The van der Waals surface area contributed by atoms with E-state index < -0.39 is 9.84 Å². The molecule has 122 valence electrons. The molecule has 0 spiro atoms. The first-order chi connectivity index (χ1) is 11.1. The van der Waals surface area contributed by atoms with Crippen LogP contribution in [-0.2, 0) is 20.7 Å². The number of hydrogen-bond donors (Lipinski definition) is 0. The van der Waals surface area contributed by atoms with Crippen LogP contribution >= 0.6 is 0 Å². The molecule has 2 nitrogen and oxygen atoms in total. The fraction of sp³-hybridized carbons (Fsp3) is 0.474. The van der Waals surface area contributed by atoms with Crippen LogP contribution in [0.15, 0.2) is 46.2 Å². The zero-order valence-electron chi connectivity index (χ0n) is 13.3. The van der Waals surface area contributed by atoms with Gasteiger partial charge in [-0.3, -0.25) is 0 Å². The highest BCUT2D eigenvalue weighted by atomic mass is 32.2. The van der Waals surface area contributed by atoms with Crippen LogP contribution in [0.1, 0.15) is 38.5 Å². The zero-order valence-corrected chi connectivity index (χ0v) is 15.0. The van der Waals surface area contributed by atoms with Crippen molar-refractivity contribution in [1.29, 1.82) is 0 Å². The Morgan fingerprint density at radius 3 is 2.22 bits per heavy atom. The van der Waals surface area contributed by atoms with Gasteiger partial charge in [0.05, 0.1) is 10.1 Å². The highest BCUT2D eigenvalue weighted by Crippen LogP contribution is 2.32. The molecule has 0 aromatic heterocycles. The van der Waals surface area contributed by atoms with Gasteiger partial charge in [-0.05, 0) is 60.7 Å². The lowest BCUT2D eigenvalue weighted by Crippen LogP contribution is -2.17. The van der Waals surface area contributed by atoms with E-state index in [-0.39, 0.29) is 5.25 Å². The van der Waals surface area contributed by atoms with Crippen LogP contribution in [0, 0.1) is 0 Å². The Balaban J connectivity index is 1.69. The summed E-state index contributed by atoms with van der Waals surface area (Å²) >= 11 is 0. The van der Waals surface area contributed by atoms with Gasteiger partial charge in [0.25, 0.3) is 0 Å². The number of hydrogen-bond acceptors (Lipinski definition) is 2. The minimum atomic E-state index is -3.15. The second-order valence-electron chi connectivity index (χ2n) is 6.73. The molecule has 0 bridgehead atoms. The van der Waals surface area contributed by atoms with Crippen molar-refractivity contribution in [2.24, 2.45) is 0 Å². The fourth-order valence-electron chi connectivity index (χ4n) is 3.84. The van der Waals surface area contributed by atoms with Gasteiger partial charge < -0.3 is 0 Å². The van der Waals surface area contributed by atoms with Crippen molar-refractivity contribution in [3.63, 3.8) is 0 Å². The third kappa shape index (κ3) is 2.91. The van der Waals surface area contributed by atoms with Crippen LogP contribution in [-0.4, -0.2) is 25.2 Å². The summed E-state index contributed by atoms with van der Waals surface area (Å²) < 4.78 is 25.5. The molecule has 2 aliphatic rings. The molecule has 0 radical (unpaired) electrons. The summed E-state index contributed by atoms with van der Waals surface area (Å²) in [6.45, 7) is 0. The van der Waals surface area contributed by atoms with Crippen molar-refractivity contribution in [1.82, 2.24) is 0 Å². The SMILES string of the molecule is O=S(=O)(c1ccc2cc([S+]3CCCC3)ccc2c1)C1CCCC1. The number of benzene rings is 2. The Labute approximate surface area is 141 Å². The van der Waals surface area contributed by atoms with E-state index in [0.717, 1.165) is 31.1 Å². The van der Waals surface area contributed by atoms with Gasteiger partial charge in [0.2, 0.25) is 0 Å². The normalized spacial score (nSPS) is 20.5. The lowest BCUT2D eigenvalue weighted by Gasteiger charge is -2.12. The average molecular weight is 348 g/mol. The third-order valence-electron chi connectivity index (χ3n) is 5.22. The molecule has 2 aromatic rings. The van der Waals surface area contributed by atoms with Gasteiger partial charge >= 0.3 is 0 Å². The topological polar surface area (TPSA) is 34.1 Å². The number of sulfone groups is 1. The second kappa shape index (κ2) is 6.14. The molecule has 0 unspecified atom stereocenters. The molecule has 2 fully saturated rings. The maximum Gasteiger partial charge on any atom is 0.181 e. The fourth-order valence-corrected chi connectivity index (χ4v) is 8.06. The summed E-state index contributed by atoms with van der Waals surface area (Å²) in [7, 11) is -2.74. The molecule has 1 saturated carbocycles. The van der Waals surface area contributed by atoms with Gasteiger partial charge in [-0.2, -0.15) is 0 Å².